The van der Waals surface area contributed by atoms with Crippen molar-refractivity contribution >= 4 is 16.9 Å². The van der Waals surface area contributed by atoms with Gasteiger partial charge >= 0.3 is 5.97 Å². The second-order valence-corrected chi connectivity index (χ2v) is 4.38. The number of benzene rings is 1. The molecule has 0 amide bonds. The van der Waals surface area contributed by atoms with Crippen LogP contribution in [0.1, 0.15) is 10.4 Å². The summed E-state index contributed by atoms with van der Waals surface area (Å²) >= 11 is 0. The Morgan fingerprint density at radius 3 is 2.67 bits per heavy atom. The number of ether oxygens (including phenoxy) is 1. The third kappa shape index (κ3) is 2.29. The quantitative estimate of drug-likeness (QED) is 0.675. The van der Waals surface area contributed by atoms with Gasteiger partial charge in [0.2, 0.25) is 0 Å². The van der Waals surface area contributed by atoms with Crippen molar-refractivity contribution in [1.29, 1.82) is 0 Å². The van der Waals surface area contributed by atoms with Crippen molar-refractivity contribution in [3.8, 4) is 11.3 Å². The number of hydrogen-bond donors (Lipinski definition) is 0. The number of nitrogens with zero attached hydrogens (tertiary/aromatic N) is 1. The van der Waals surface area contributed by atoms with Crippen molar-refractivity contribution in [2.24, 2.45) is 0 Å². The third-order valence-corrected chi connectivity index (χ3v) is 3.12. The molecule has 0 saturated heterocycles. The minimum atomic E-state index is -0.546. The molecule has 1 aromatic carbocycles. The van der Waals surface area contributed by atoms with Crippen LogP contribution in [-0.2, 0) is 4.74 Å². The molecule has 21 heavy (non-hydrogen) atoms. The molecule has 0 aliphatic rings. The lowest BCUT2D eigenvalue weighted by Gasteiger charge is -2.06. The Kier molecular flexibility index (Phi) is 3.23. The van der Waals surface area contributed by atoms with Crippen LogP contribution in [0.2, 0.25) is 0 Å². The summed E-state index contributed by atoms with van der Waals surface area (Å²) in [4.78, 5) is 27.9. The molecule has 0 N–H and O–H groups in total. The predicted molar refractivity (Wildman–Crippen MR) is 77.1 cm³/mol. The lowest BCUT2D eigenvalue weighted by Crippen LogP contribution is -2.06. The van der Waals surface area contributed by atoms with Crippen molar-refractivity contribution in [3.05, 3.63) is 64.6 Å². The number of fused-ring (bicyclic) bond motifs is 1. The van der Waals surface area contributed by atoms with E-state index in [1.54, 1.807) is 42.7 Å². The van der Waals surface area contributed by atoms with Crippen LogP contribution in [0.25, 0.3) is 22.3 Å². The molecule has 0 spiro atoms. The van der Waals surface area contributed by atoms with E-state index in [9.17, 15) is 9.59 Å². The first kappa shape index (κ1) is 13.1. The van der Waals surface area contributed by atoms with Gasteiger partial charge in [-0.15, -0.1) is 0 Å². The highest BCUT2D eigenvalue weighted by Crippen LogP contribution is 2.24. The molecule has 104 valence electrons. The highest BCUT2D eigenvalue weighted by Gasteiger charge is 2.15. The molecule has 0 bridgehead atoms. The third-order valence-electron chi connectivity index (χ3n) is 3.12. The van der Waals surface area contributed by atoms with Crippen molar-refractivity contribution in [1.82, 2.24) is 4.98 Å². The number of rotatable bonds is 2. The van der Waals surface area contributed by atoms with Gasteiger partial charge in [-0.2, -0.15) is 0 Å². The SMILES string of the molecule is COC(=O)c1cccc2c(=O)cc(-c3ccncc3)oc12. The van der Waals surface area contributed by atoms with Crippen LogP contribution in [-0.4, -0.2) is 18.1 Å². The molecule has 0 atom stereocenters. The molecule has 0 radical (unpaired) electrons. The fourth-order valence-electron chi connectivity index (χ4n) is 2.11. The molecule has 0 aliphatic heterocycles. The van der Waals surface area contributed by atoms with Gasteiger partial charge in [0, 0.05) is 24.0 Å². The van der Waals surface area contributed by atoms with Crippen LogP contribution >= 0.6 is 0 Å². The van der Waals surface area contributed by atoms with E-state index >= 15 is 0 Å². The monoisotopic (exact) mass is 281 g/mol. The fourth-order valence-corrected chi connectivity index (χ4v) is 2.11. The number of carbonyl (C=O) groups is 1. The van der Waals surface area contributed by atoms with Gasteiger partial charge < -0.3 is 9.15 Å². The van der Waals surface area contributed by atoms with Crippen LogP contribution in [0.3, 0.4) is 0 Å². The molecule has 5 heteroatoms. The lowest BCUT2D eigenvalue weighted by molar-refractivity contribution is 0.0601. The van der Waals surface area contributed by atoms with Crippen molar-refractivity contribution < 1.29 is 13.9 Å². The molecule has 5 nitrogen and oxygen atoms in total. The van der Waals surface area contributed by atoms with Crippen LogP contribution in [0.15, 0.2) is 58.0 Å². The van der Waals surface area contributed by atoms with Gasteiger partial charge in [-0.05, 0) is 24.3 Å². The van der Waals surface area contributed by atoms with Gasteiger partial charge in [0.1, 0.15) is 11.3 Å². The zero-order valence-corrected chi connectivity index (χ0v) is 11.2. The maximum Gasteiger partial charge on any atom is 0.341 e. The van der Waals surface area contributed by atoms with Gasteiger partial charge in [-0.1, -0.05) is 6.07 Å². The van der Waals surface area contributed by atoms with E-state index in [-0.39, 0.29) is 16.6 Å². The molecular weight excluding hydrogens is 270 g/mol. The number of carbonyl (C=O) groups excluding carboxylic acids is 1. The van der Waals surface area contributed by atoms with E-state index in [0.29, 0.717) is 16.7 Å². The standard InChI is InChI=1S/C16H11NO4/c1-20-16(19)12-4-2-3-11-13(18)9-14(21-15(11)12)10-5-7-17-8-6-10/h2-9H,1H3. The lowest BCUT2D eigenvalue weighted by atomic mass is 10.1. The minimum absolute atomic E-state index is 0.214. The Labute approximate surface area is 119 Å². The zero-order valence-electron chi connectivity index (χ0n) is 11.2. The summed E-state index contributed by atoms with van der Waals surface area (Å²) in [5.41, 5.74) is 0.948. The maximum atomic E-state index is 12.2. The Bertz CT molecular complexity index is 868. The summed E-state index contributed by atoms with van der Waals surface area (Å²) in [6.45, 7) is 0. The Morgan fingerprint density at radius 1 is 1.19 bits per heavy atom. The summed E-state index contributed by atoms with van der Waals surface area (Å²) in [6.07, 6.45) is 3.21. The molecule has 3 rings (SSSR count). The number of para-hydroxylation sites is 1. The molecule has 0 aliphatic carbocycles. The number of hydrogen-bond acceptors (Lipinski definition) is 5. The second kappa shape index (κ2) is 5.20. The molecule has 0 unspecified atom stereocenters. The van der Waals surface area contributed by atoms with Crippen molar-refractivity contribution in [2.75, 3.05) is 7.11 Å². The average molecular weight is 281 g/mol. The molecule has 2 aromatic heterocycles. The van der Waals surface area contributed by atoms with Crippen LogP contribution < -0.4 is 5.43 Å². The smallest absolute Gasteiger partial charge is 0.341 e. The Morgan fingerprint density at radius 2 is 1.95 bits per heavy atom. The van der Waals surface area contributed by atoms with Gasteiger partial charge in [0.05, 0.1) is 12.5 Å². The first-order chi connectivity index (χ1) is 10.2. The van der Waals surface area contributed by atoms with Crippen LogP contribution in [0, 0.1) is 0 Å². The van der Waals surface area contributed by atoms with E-state index in [0.717, 1.165) is 0 Å². The average Bonchev–Trinajstić information content (AvgIpc) is 2.54. The minimum Gasteiger partial charge on any atom is -0.465 e. The number of aromatic nitrogens is 1. The predicted octanol–water partition coefficient (Wildman–Crippen LogP) is 2.64. The Hall–Kier alpha value is -2.95. The molecule has 2 heterocycles. The zero-order chi connectivity index (χ0) is 14.8. The van der Waals surface area contributed by atoms with Gasteiger partial charge in [0.25, 0.3) is 0 Å². The van der Waals surface area contributed by atoms with Gasteiger partial charge in [-0.3, -0.25) is 9.78 Å². The van der Waals surface area contributed by atoms with Crippen molar-refractivity contribution in [3.63, 3.8) is 0 Å². The second-order valence-electron chi connectivity index (χ2n) is 4.38. The Balaban J connectivity index is 2.32. The number of methoxy groups -OCH3 is 1. The first-order valence-corrected chi connectivity index (χ1v) is 6.26. The van der Waals surface area contributed by atoms with Gasteiger partial charge in [0.15, 0.2) is 11.0 Å². The summed E-state index contributed by atoms with van der Waals surface area (Å²) in [7, 11) is 1.28. The van der Waals surface area contributed by atoms with E-state index in [2.05, 4.69) is 4.98 Å². The van der Waals surface area contributed by atoms with E-state index in [4.69, 9.17) is 9.15 Å². The van der Waals surface area contributed by atoms with E-state index in [1.165, 1.54) is 13.2 Å². The molecular formula is C16H11NO4. The van der Waals surface area contributed by atoms with Crippen LogP contribution in [0.5, 0.6) is 0 Å². The van der Waals surface area contributed by atoms with E-state index < -0.39 is 5.97 Å². The largest absolute Gasteiger partial charge is 0.465 e. The summed E-state index contributed by atoms with van der Waals surface area (Å²) in [5.74, 6) is -0.165. The summed E-state index contributed by atoms with van der Waals surface area (Å²) in [6, 6.07) is 9.66. The summed E-state index contributed by atoms with van der Waals surface area (Å²) < 4.78 is 10.5. The fraction of sp³-hybridized carbons (Fsp3) is 0.0625. The van der Waals surface area contributed by atoms with Crippen molar-refractivity contribution in [2.45, 2.75) is 0 Å². The maximum absolute atomic E-state index is 12.2. The van der Waals surface area contributed by atoms with E-state index in [1.807, 2.05) is 0 Å². The molecule has 0 fully saturated rings. The molecule has 3 aromatic rings. The normalized spacial score (nSPS) is 10.5. The number of esters is 1. The summed E-state index contributed by atoms with van der Waals surface area (Å²) in [5, 5.41) is 0.343. The molecule has 0 saturated carbocycles. The van der Waals surface area contributed by atoms with Crippen LogP contribution in [0.4, 0.5) is 0 Å². The number of pyridine rings is 1. The highest BCUT2D eigenvalue weighted by molar-refractivity contribution is 6.01. The first-order valence-electron chi connectivity index (χ1n) is 6.26. The van der Waals surface area contributed by atoms with Gasteiger partial charge in [-0.25, -0.2) is 4.79 Å². The highest BCUT2D eigenvalue weighted by atomic mass is 16.5. The topological polar surface area (TPSA) is 69.4 Å².